The van der Waals surface area contributed by atoms with Crippen LogP contribution in [0.2, 0.25) is 0 Å². The van der Waals surface area contributed by atoms with Crippen LogP contribution in [0, 0.1) is 18.6 Å². The third-order valence-electron chi connectivity index (χ3n) is 4.80. The summed E-state index contributed by atoms with van der Waals surface area (Å²) in [5.74, 6) is 4.79. The highest BCUT2D eigenvalue weighted by molar-refractivity contribution is 5.49. The van der Waals surface area contributed by atoms with Gasteiger partial charge >= 0.3 is 0 Å². The van der Waals surface area contributed by atoms with Gasteiger partial charge in [-0.2, -0.15) is 0 Å². The zero-order chi connectivity index (χ0) is 18.0. The molecule has 0 spiro atoms. The quantitative estimate of drug-likeness (QED) is 0.584. The van der Waals surface area contributed by atoms with Crippen LogP contribution < -0.4 is 16.0 Å². The molecule has 0 saturated heterocycles. The molecule has 0 atom stereocenters. The van der Waals surface area contributed by atoms with Gasteiger partial charge in [0.15, 0.2) is 11.6 Å². The fourth-order valence-electron chi connectivity index (χ4n) is 3.23. The number of aliphatic hydroxyl groups is 1. The summed E-state index contributed by atoms with van der Waals surface area (Å²) in [6.07, 6.45) is 3.56. The lowest BCUT2D eigenvalue weighted by Crippen LogP contribution is -2.35. The molecule has 7 heteroatoms. The third-order valence-corrected chi connectivity index (χ3v) is 4.80. The minimum atomic E-state index is -1.16. The number of hydrazine groups is 1. The largest absolute Gasteiger partial charge is 0.490 e. The maximum atomic E-state index is 13.5. The fourth-order valence-corrected chi connectivity index (χ4v) is 3.23. The maximum Gasteiger partial charge on any atom is 0.159 e. The predicted molar refractivity (Wildman–Crippen MR) is 89.9 cm³/mol. The Hall–Kier alpha value is -2.25. The minimum absolute atomic E-state index is 0.0719. The highest BCUT2D eigenvalue weighted by Gasteiger charge is 2.36. The fraction of sp³-hybridized carbons (Fsp3) is 0.389. The molecule has 1 aliphatic carbocycles. The Bertz CT molecular complexity index is 762. The Morgan fingerprint density at radius 3 is 2.60 bits per heavy atom. The Kier molecular flexibility index (Phi) is 4.87. The Labute approximate surface area is 144 Å². The van der Waals surface area contributed by atoms with Gasteiger partial charge in [0.25, 0.3) is 0 Å². The van der Waals surface area contributed by atoms with Crippen molar-refractivity contribution in [3.05, 3.63) is 53.2 Å². The molecule has 3 rings (SSSR count). The summed E-state index contributed by atoms with van der Waals surface area (Å²) in [4.78, 5) is 4.11. The number of nitrogens with two attached hydrogens (primary N) is 1. The molecule has 2 aromatic rings. The van der Waals surface area contributed by atoms with Gasteiger partial charge in [-0.3, -0.25) is 0 Å². The van der Waals surface area contributed by atoms with Crippen LogP contribution in [-0.2, 0) is 5.60 Å². The molecular formula is C18H21F2N3O2. The molecule has 1 aromatic heterocycles. The number of anilines is 1. The van der Waals surface area contributed by atoms with Crippen molar-refractivity contribution in [2.75, 3.05) is 5.43 Å². The maximum absolute atomic E-state index is 13.5. The van der Waals surface area contributed by atoms with Crippen molar-refractivity contribution >= 4 is 5.82 Å². The third kappa shape index (κ3) is 3.57. The van der Waals surface area contributed by atoms with E-state index in [4.69, 9.17) is 10.6 Å². The second kappa shape index (κ2) is 6.93. The predicted octanol–water partition coefficient (Wildman–Crippen LogP) is 3.16. The molecule has 1 saturated carbocycles. The van der Waals surface area contributed by atoms with E-state index in [1.807, 2.05) is 6.92 Å². The van der Waals surface area contributed by atoms with Crippen molar-refractivity contribution in [3.8, 4) is 5.75 Å². The van der Waals surface area contributed by atoms with Gasteiger partial charge in [0.2, 0.25) is 0 Å². The first kappa shape index (κ1) is 17.6. The first-order valence-electron chi connectivity index (χ1n) is 8.20. The van der Waals surface area contributed by atoms with E-state index in [-0.39, 0.29) is 6.10 Å². The minimum Gasteiger partial charge on any atom is -0.490 e. The molecule has 0 aliphatic heterocycles. The summed E-state index contributed by atoms with van der Waals surface area (Å²) in [7, 11) is 0. The zero-order valence-corrected chi connectivity index (χ0v) is 13.9. The SMILES string of the molecule is Cc1c(OC2CCC(O)(c3ccc(F)c(F)c3)CC2)ccnc1NN. The van der Waals surface area contributed by atoms with Crippen LogP contribution in [0.1, 0.15) is 36.8 Å². The van der Waals surface area contributed by atoms with Crippen molar-refractivity contribution in [3.63, 3.8) is 0 Å². The van der Waals surface area contributed by atoms with Gasteiger partial charge in [-0.05, 0) is 56.4 Å². The highest BCUT2D eigenvalue weighted by Crippen LogP contribution is 2.39. The van der Waals surface area contributed by atoms with E-state index in [0.29, 0.717) is 42.8 Å². The number of hydrogen-bond acceptors (Lipinski definition) is 5. The number of nitrogens with one attached hydrogen (secondary N) is 1. The van der Waals surface area contributed by atoms with E-state index in [9.17, 15) is 13.9 Å². The van der Waals surface area contributed by atoms with Gasteiger partial charge in [-0.25, -0.2) is 19.6 Å². The van der Waals surface area contributed by atoms with E-state index >= 15 is 0 Å². The number of nitrogen functional groups attached to an aromatic ring is 1. The van der Waals surface area contributed by atoms with Gasteiger partial charge in [0.1, 0.15) is 11.6 Å². The number of ether oxygens (including phenoxy) is 1. The molecular weight excluding hydrogens is 328 g/mol. The van der Waals surface area contributed by atoms with Gasteiger partial charge < -0.3 is 15.3 Å². The van der Waals surface area contributed by atoms with Crippen molar-refractivity contribution in [1.29, 1.82) is 0 Å². The van der Waals surface area contributed by atoms with Crippen LogP contribution in [0.3, 0.4) is 0 Å². The van der Waals surface area contributed by atoms with Crippen molar-refractivity contribution in [2.45, 2.75) is 44.3 Å². The molecule has 1 aliphatic rings. The molecule has 1 heterocycles. The second-order valence-electron chi connectivity index (χ2n) is 6.40. The van der Waals surface area contributed by atoms with Crippen molar-refractivity contribution in [2.24, 2.45) is 5.84 Å². The molecule has 1 fully saturated rings. The van der Waals surface area contributed by atoms with Crippen LogP contribution in [-0.4, -0.2) is 16.2 Å². The van der Waals surface area contributed by atoms with Gasteiger partial charge in [-0.15, -0.1) is 0 Å². The lowest BCUT2D eigenvalue weighted by Gasteiger charge is -2.36. The second-order valence-corrected chi connectivity index (χ2v) is 6.40. The normalized spacial score (nSPS) is 23.3. The van der Waals surface area contributed by atoms with E-state index in [1.54, 1.807) is 12.3 Å². The van der Waals surface area contributed by atoms with Crippen LogP contribution in [0.5, 0.6) is 5.75 Å². The lowest BCUT2D eigenvalue weighted by molar-refractivity contribution is -0.0306. The average molecular weight is 349 g/mol. The zero-order valence-electron chi connectivity index (χ0n) is 13.9. The van der Waals surface area contributed by atoms with E-state index in [0.717, 1.165) is 17.7 Å². The molecule has 0 bridgehead atoms. The van der Waals surface area contributed by atoms with Crippen molar-refractivity contribution < 1.29 is 18.6 Å². The number of benzene rings is 1. The smallest absolute Gasteiger partial charge is 0.159 e. The summed E-state index contributed by atoms with van der Waals surface area (Å²) < 4.78 is 32.6. The number of aromatic nitrogens is 1. The van der Waals surface area contributed by atoms with Crippen LogP contribution >= 0.6 is 0 Å². The summed E-state index contributed by atoms with van der Waals surface area (Å²) in [5.41, 5.74) is 2.57. The van der Waals surface area contributed by atoms with Crippen LogP contribution in [0.4, 0.5) is 14.6 Å². The first-order valence-corrected chi connectivity index (χ1v) is 8.20. The molecule has 0 amide bonds. The number of nitrogens with zero attached hydrogens (tertiary/aromatic N) is 1. The Morgan fingerprint density at radius 2 is 1.96 bits per heavy atom. The molecule has 1 aromatic carbocycles. The molecule has 0 unspecified atom stereocenters. The Balaban J connectivity index is 1.68. The number of halogens is 2. The number of hydrogen-bond donors (Lipinski definition) is 3. The molecule has 5 nitrogen and oxygen atoms in total. The van der Waals surface area contributed by atoms with E-state index in [2.05, 4.69) is 10.4 Å². The molecule has 25 heavy (non-hydrogen) atoms. The van der Waals surface area contributed by atoms with Crippen LogP contribution in [0.15, 0.2) is 30.5 Å². The van der Waals surface area contributed by atoms with Crippen LogP contribution in [0.25, 0.3) is 0 Å². The number of pyridine rings is 1. The van der Waals surface area contributed by atoms with Gasteiger partial charge in [0.05, 0.1) is 11.7 Å². The molecule has 134 valence electrons. The topological polar surface area (TPSA) is 80.4 Å². The van der Waals surface area contributed by atoms with Crippen molar-refractivity contribution in [1.82, 2.24) is 4.98 Å². The highest BCUT2D eigenvalue weighted by atomic mass is 19.2. The van der Waals surface area contributed by atoms with Gasteiger partial charge in [0, 0.05) is 11.8 Å². The molecule has 0 radical (unpaired) electrons. The summed E-state index contributed by atoms with van der Waals surface area (Å²) >= 11 is 0. The van der Waals surface area contributed by atoms with E-state index in [1.165, 1.54) is 6.07 Å². The molecule has 4 N–H and O–H groups in total. The summed E-state index contributed by atoms with van der Waals surface area (Å²) in [6, 6.07) is 5.33. The Morgan fingerprint density at radius 1 is 1.24 bits per heavy atom. The van der Waals surface area contributed by atoms with E-state index < -0.39 is 17.2 Å². The number of rotatable bonds is 4. The van der Waals surface area contributed by atoms with Gasteiger partial charge in [-0.1, -0.05) is 6.07 Å². The standard InChI is InChI=1S/C18H21F2N3O2/c1-11-16(6-9-22-17(11)23-21)25-13-4-7-18(24,8-5-13)12-2-3-14(19)15(20)10-12/h2-3,6,9-10,13,24H,4-5,7-8,21H2,1H3,(H,22,23). The lowest BCUT2D eigenvalue weighted by atomic mass is 9.78. The average Bonchev–Trinajstić information content (AvgIpc) is 2.61. The monoisotopic (exact) mass is 349 g/mol. The summed E-state index contributed by atoms with van der Waals surface area (Å²) in [6.45, 7) is 1.86. The summed E-state index contributed by atoms with van der Waals surface area (Å²) in [5, 5.41) is 10.8. The first-order chi connectivity index (χ1) is 11.9.